The van der Waals surface area contributed by atoms with E-state index in [0.717, 1.165) is 6.07 Å². The topological polar surface area (TPSA) is 66.8 Å². The van der Waals surface area contributed by atoms with E-state index in [1.54, 1.807) is 0 Å². The molecule has 1 heterocycles. The number of hydrogen-bond donors (Lipinski definition) is 1. The van der Waals surface area contributed by atoms with Gasteiger partial charge in [0.05, 0.1) is 12.2 Å². The molecular formula is C15H17BrFNO4. The van der Waals surface area contributed by atoms with E-state index in [9.17, 15) is 19.1 Å². The number of amides is 1. The number of hydrogen-bond acceptors (Lipinski definition) is 3. The number of carbonyl (C=O) groups excluding carboxylic acids is 1. The van der Waals surface area contributed by atoms with Crippen molar-refractivity contribution in [3.63, 3.8) is 0 Å². The highest BCUT2D eigenvalue weighted by Crippen LogP contribution is 2.32. The number of piperidine rings is 1. The summed E-state index contributed by atoms with van der Waals surface area (Å²) in [5.41, 5.74) is -0.916. The second-order valence-electron chi connectivity index (χ2n) is 5.47. The normalized spacial score (nSPS) is 21.7. The largest absolute Gasteiger partial charge is 0.481 e. The first-order valence-corrected chi connectivity index (χ1v) is 7.65. The van der Waals surface area contributed by atoms with Crippen molar-refractivity contribution >= 4 is 27.8 Å². The molecule has 7 heteroatoms. The summed E-state index contributed by atoms with van der Waals surface area (Å²) in [5.74, 6) is -1.87. The number of methoxy groups -OCH3 is 1. The second kappa shape index (κ2) is 6.75. The lowest BCUT2D eigenvalue weighted by molar-refractivity contribution is -0.155. The van der Waals surface area contributed by atoms with Gasteiger partial charge in [-0.1, -0.05) is 0 Å². The van der Waals surface area contributed by atoms with Crippen molar-refractivity contribution in [3.05, 3.63) is 34.1 Å². The average Bonchev–Trinajstić information content (AvgIpc) is 2.49. The van der Waals surface area contributed by atoms with Crippen LogP contribution in [0.5, 0.6) is 0 Å². The van der Waals surface area contributed by atoms with Crippen LogP contribution in [0.4, 0.5) is 4.39 Å². The molecule has 1 saturated heterocycles. The molecule has 1 amide bonds. The predicted octanol–water partition coefficient (Wildman–Crippen LogP) is 2.54. The minimum absolute atomic E-state index is 0.0381. The smallest absolute Gasteiger partial charge is 0.313 e. The van der Waals surface area contributed by atoms with Crippen LogP contribution in [0.2, 0.25) is 0 Å². The first-order valence-electron chi connectivity index (χ1n) is 6.86. The molecule has 5 nitrogen and oxygen atoms in total. The Balaban J connectivity index is 2.26. The molecular weight excluding hydrogens is 357 g/mol. The Morgan fingerprint density at radius 1 is 1.50 bits per heavy atom. The maximum Gasteiger partial charge on any atom is 0.313 e. The minimum Gasteiger partial charge on any atom is -0.481 e. The zero-order chi connectivity index (χ0) is 16.3. The van der Waals surface area contributed by atoms with E-state index in [1.807, 2.05) is 0 Å². The Hall–Kier alpha value is -1.47. The summed E-state index contributed by atoms with van der Waals surface area (Å²) in [7, 11) is 1.44. The molecule has 0 aromatic heterocycles. The summed E-state index contributed by atoms with van der Waals surface area (Å²) in [5, 5.41) is 9.50. The minimum atomic E-state index is -1.11. The lowest BCUT2D eigenvalue weighted by Crippen LogP contribution is -2.52. The predicted molar refractivity (Wildman–Crippen MR) is 81.2 cm³/mol. The van der Waals surface area contributed by atoms with Gasteiger partial charge in [0.2, 0.25) is 0 Å². The third-order valence-corrected chi connectivity index (χ3v) is 4.59. The van der Waals surface area contributed by atoms with Gasteiger partial charge in [-0.3, -0.25) is 9.59 Å². The van der Waals surface area contributed by atoms with E-state index in [2.05, 4.69) is 15.9 Å². The van der Waals surface area contributed by atoms with Crippen LogP contribution in [-0.4, -0.2) is 48.7 Å². The van der Waals surface area contributed by atoms with E-state index in [4.69, 9.17) is 4.74 Å². The maximum absolute atomic E-state index is 13.4. The van der Waals surface area contributed by atoms with Gasteiger partial charge >= 0.3 is 5.97 Å². The highest BCUT2D eigenvalue weighted by Gasteiger charge is 2.44. The Kier molecular flexibility index (Phi) is 5.18. The number of carboxylic acids is 1. The average molecular weight is 374 g/mol. The SMILES string of the molecule is COCC1(C(=O)O)CCCN(C(=O)c2cc(F)ccc2Br)C1. The number of nitrogens with zero attached hydrogens (tertiary/aromatic N) is 1. The van der Waals surface area contributed by atoms with Crippen LogP contribution in [0, 0.1) is 11.2 Å². The van der Waals surface area contributed by atoms with E-state index in [0.29, 0.717) is 23.9 Å². The lowest BCUT2D eigenvalue weighted by atomic mass is 9.80. The highest BCUT2D eigenvalue weighted by atomic mass is 79.9. The van der Waals surface area contributed by atoms with Gasteiger partial charge in [0.15, 0.2) is 0 Å². The molecule has 1 fully saturated rings. The van der Waals surface area contributed by atoms with Crippen LogP contribution in [0.25, 0.3) is 0 Å². The molecule has 1 atom stereocenters. The van der Waals surface area contributed by atoms with Gasteiger partial charge in [0, 0.05) is 24.7 Å². The monoisotopic (exact) mass is 373 g/mol. The highest BCUT2D eigenvalue weighted by molar-refractivity contribution is 9.10. The fraction of sp³-hybridized carbons (Fsp3) is 0.467. The van der Waals surface area contributed by atoms with Crippen molar-refractivity contribution in [2.75, 3.05) is 26.8 Å². The molecule has 1 aliphatic rings. The molecule has 0 spiro atoms. The van der Waals surface area contributed by atoms with Crippen LogP contribution in [0.3, 0.4) is 0 Å². The fourth-order valence-corrected chi connectivity index (χ4v) is 3.18. The van der Waals surface area contributed by atoms with Crippen molar-refractivity contribution < 1.29 is 23.8 Å². The number of aliphatic carboxylic acids is 1. The first kappa shape index (κ1) is 16.9. The summed E-state index contributed by atoms with van der Waals surface area (Å²) in [4.78, 5) is 25.6. The van der Waals surface area contributed by atoms with Gasteiger partial charge in [0.1, 0.15) is 11.2 Å². The fourth-order valence-electron chi connectivity index (χ4n) is 2.77. The van der Waals surface area contributed by atoms with Crippen molar-refractivity contribution in [1.29, 1.82) is 0 Å². The lowest BCUT2D eigenvalue weighted by Gasteiger charge is -2.39. The zero-order valence-electron chi connectivity index (χ0n) is 12.1. The second-order valence-corrected chi connectivity index (χ2v) is 6.33. The summed E-state index contributed by atoms with van der Waals surface area (Å²) < 4.78 is 18.9. The Morgan fingerprint density at radius 3 is 2.86 bits per heavy atom. The van der Waals surface area contributed by atoms with Crippen molar-refractivity contribution in [2.24, 2.45) is 5.41 Å². The van der Waals surface area contributed by atoms with E-state index in [1.165, 1.54) is 24.1 Å². The summed E-state index contributed by atoms with van der Waals surface area (Å²) in [6.45, 7) is 0.537. The third-order valence-electron chi connectivity index (χ3n) is 3.90. The third kappa shape index (κ3) is 3.30. The van der Waals surface area contributed by atoms with E-state index in [-0.39, 0.29) is 24.6 Å². The van der Waals surface area contributed by atoms with Crippen LogP contribution in [0.1, 0.15) is 23.2 Å². The van der Waals surface area contributed by atoms with Crippen LogP contribution in [-0.2, 0) is 9.53 Å². The number of halogens is 2. The number of ether oxygens (including phenoxy) is 1. The summed E-state index contributed by atoms with van der Waals surface area (Å²) in [6, 6.07) is 3.87. The molecule has 1 aromatic carbocycles. The summed E-state index contributed by atoms with van der Waals surface area (Å²) >= 11 is 3.23. The number of likely N-dealkylation sites (tertiary alicyclic amines) is 1. The molecule has 0 aliphatic carbocycles. The molecule has 1 aliphatic heterocycles. The molecule has 22 heavy (non-hydrogen) atoms. The number of benzene rings is 1. The molecule has 1 aromatic rings. The quantitative estimate of drug-likeness (QED) is 0.880. The molecule has 2 rings (SSSR count). The van der Waals surface area contributed by atoms with Gasteiger partial charge < -0.3 is 14.7 Å². The number of carbonyl (C=O) groups is 2. The number of rotatable bonds is 4. The maximum atomic E-state index is 13.4. The van der Waals surface area contributed by atoms with Crippen molar-refractivity contribution in [2.45, 2.75) is 12.8 Å². The molecule has 1 N–H and O–H groups in total. The molecule has 0 saturated carbocycles. The molecule has 0 bridgehead atoms. The summed E-state index contributed by atoms with van der Waals surface area (Å²) in [6.07, 6.45) is 1.01. The van der Waals surface area contributed by atoms with Gasteiger partial charge in [-0.05, 0) is 47.0 Å². The molecule has 0 radical (unpaired) electrons. The van der Waals surface area contributed by atoms with Crippen LogP contribution in [0.15, 0.2) is 22.7 Å². The zero-order valence-corrected chi connectivity index (χ0v) is 13.7. The Bertz CT molecular complexity index is 591. The number of carboxylic acid groups (broad SMARTS) is 1. The van der Waals surface area contributed by atoms with Crippen LogP contribution < -0.4 is 0 Å². The first-order chi connectivity index (χ1) is 10.4. The van der Waals surface area contributed by atoms with Gasteiger partial charge in [0.25, 0.3) is 5.91 Å². The van der Waals surface area contributed by atoms with Gasteiger partial charge in [-0.25, -0.2) is 4.39 Å². The standard InChI is InChI=1S/C15H17BrFNO4/c1-22-9-15(14(20)21)5-2-6-18(8-15)13(19)11-7-10(17)3-4-12(11)16/h3-4,7H,2,5-6,8-9H2,1H3,(H,20,21). The van der Waals surface area contributed by atoms with Crippen molar-refractivity contribution in [3.8, 4) is 0 Å². The van der Waals surface area contributed by atoms with Crippen LogP contribution >= 0.6 is 15.9 Å². The van der Waals surface area contributed by atoms with E-state index >= 15 is 0 Å². The van der Waals surface area contributed by atoms with E-state index < -0.39 is 17.2 Å². The Morgan fingerprint density at radius 2 is 2.23 bits per heavy atom. The molecule has 120 valence electrons. The van der Waals surface area contributed by atoms with Crippen molar-refractivity contribution in [1.82, 2.24) is 4.90 Å². The Labute approximate surface area is 136 Å². The van der Waals surface area contributed by atoms with Gasteiger partial charge in [-0.2, -0.15) is 0 Å². The van der Waals surface area contributed by atoms with Gasteiger partial charge in [-0.15, -0.1) is 0 Å². The molecule has 1 unspecified atom stereocenters.